The summed E-state index contributed by atoms with van der Waals surface area (Å²) in [6, 6.07) is 16.2. The summed E-state index contributed by atoms with van der Waals surface area (Å²) in [5.74, 6) is 0.699. The van der Waals surface area contributed by atoms with Crippen LogP contribution in [0, 0.1) is 11.3 Å². The molecule has 9 nitrogen and oxygen atoms in total. The molecule has 1 N–H and O–H groups in total. The van der Waals surface area contributed by atoms with Gasteiger partial charge in [-0.1, -0.05) is 12.1 Å². The molecule has 2 aliphatic rings. The van der Waals surface area contributed by atoms with Gasteiger partial charge < -0.3 is 14.3 Å². The molecular formula is C23H24N4O5. The number of piperidine rings is 1. The number of nitrogens with one attached hydrogen (secondary N) is 1. The third-order valence-electron chi connectivity index (χ3n) is 5.68. The average Bonchev–Trinajstić information content (AvgIpc) is 3.11. The lowest BCUT2D eigenvalue weighted by Gasteiger charge is -2.36. The molecule has 32 heavy (non-hydrogen) atoms. The fourth-order valence-electron chi connectivity index (χ4n) is 3.90. The van der Waals surface area contributed by atoms with E-state index in [0.29, 0.717) is 56.0 Å². The Hall–Kier alpha value is -3.77. The van der Waals surface area contributed by atoms with Gasteiger partial charge in [0.05, 0.1) is 25.3 Å². The molecule has 166 valence electrons. The molecule has 2 amide bonds. The van der Waals surface area contributed by atoms with E-state index in [9.17, 15) is 9.59 Å². The van der Waals surface area contributed by atoms with Crippen LogP contribution in [0.2, 0.25) is 0 Å². The Morgan fingerprint density at radius 1 is 1.16 bits per heavy atom. The van der Waals surface area contributed by atoms with Gasteiger partial charge in [-0.05, 0) is 42.0 Å². The summed E-state index contributed by atoms with van der Waals surface area (Å²) in [6.45, 7) is 1.84. The van der Waals surface area contributed by atoms with Crippen LogP contribution in [0.5, 0.6) is 5.75 Å². The highest BCUT2D eigenvalue weighted by atomic mass is 16.7. The van der Waals surface area contributed by atoms with Crippen LogP contribution in [0.4, 0.5) is 15.3 Å². The van der Waals surface area contributed by atoms with Crippen molar-refractivity contribution in [2.24, 2.45) is 0 Å². The second-order valence-electron chi connectivity index (χ2n) is 7.88. The number of nitriles is 1. The van der Waals surface area contributed by atoms with Crippen molar-refractivity contribution in [3.8, 4) is 11.8 Å². The summed E-state index contributed by atoms with van der Waals surface area (Å²) in [6.07, 6.45) is 0.217. The number of rotatable bonds is 5. The SMILES string of the molecule is COc1ccc(NC(=O)ON2CCC3(CC2)CN(Cc2ccc(C#N)cc2)C(=O)O3)cc1. The van der Waals surface area contributed by atoms with Crippen molar-refractivity contribution >= 4 is 17.9 Å². The number of hydrogen-bond donors (Lipinski definition) is 1. The number of ether oxygens (including phenoxy) is 2. The number of hydrogen-bond acceptors (Lipinski definition) is 7. The van der Waals surface area contributed by atoms with E-state index in [0.717, 1.165) is 5.56 Å². The van der Waals surface area contributed by atoms with Crippen molar-refractivity contribution in [1.29, 1.82) is 5.26 Å². The van der Waals surface area contributed by atoms with E-state index in [4.69, 9.17) is 19.6 Å². The minimum absolute atomic E-state index is 0.346. The number of nitrogens with zero attached hydrogens (tertiary/aromatic N) is 3. The second-order valence-corrected chi connectivity index (χ2v) is 7.88. The topological polar surface area (TPSA) is 104 Å². The molecule has 0 aromatic heterocycles. The summed E-state index contributed by atoms with van der Waals surface area (Å²) >= 11 is 0. The molecule has 0 atom stereocenters. The number of carbonyl (C=O) groups excluding carboxylic acids is 2. The van der Waals surface area contributed by atoms with Gasteiger partial charge in [-0.25, -0.2) is 9.59 Å². The van der Waals surface area contributed by atoms with Crippen LogP contribution in [0.1, 0.15) is 24.0 Å². The van der Waals surface area contributed by atoms with Gasteiger partial charge in [0, 0.05) is 38.2 Å². The lowest BCUT2D eigenvalue weighted by molar-refractivity contribution is -0.138. The maximum Gasteiger partial charge on any atom is 0.430 e. The predicted molar refractivity (Wildman–Crippen MR) is 115 cm³/mol. The van der Waals surface area contributed by atoms with Crippen LogP contribution in [-0.4, -0.2) is 54.5 Å². The number of methoxy groups -OCH3 is 1. The van der Waals surface area contributed by atoms with E-state index in [2.05, 4.69) is 11.4 Å². The van der Waals surface area contributed by atoms with Gasteiger partial charge in [-0.2, -0.15) is 5.26 Å². The summed E-state index contributed by atoms with van der Waals surface area (Å²) in [5.41, 5.74) is 1.55. The Morgan fingerprint density at radius 2 is 1.84 bits per heavy atom. The van der Waals surface area contributed by atoms with Crippen LogP contribution in [0.25, 0.3) is 0 Å². The normalized spacial score (nSPS) is 17.5. The van der Waals surface area contributed by atoms with Crippen LogP contribution < -0.4 is 10.1 Å². The molecule has 4 rings (SSSR count). The predicted octanol–water partition coefficient (Wildman–Crippen LogP) is 3.52. The largest absolute Gasteiger partial charge is 0.497 e. The van der Waals surface area contributed by atoms with E-state index in [1.807, 2.05) is 12.1 Å². The first kappa shape index (κ1) is 21.5. The molecule has 0 radical (unpaired) electrons. The lowest BCUT2D eigenvalue weighted by atomic mass is 9.92. The van der Waals surface area contributed by atoms with Gasteiger partial charge in [0.15, 0.2) is 0 Å². The second kappa shape index (κ2) is 9.16. The molecule has 0 bridgehead atoms. The Labute approximate surface area is 186 Å². The van der Waals surface area contributed by atoms with Crippen molar-refractivity contribution < 1.29 is 23.9 Å². The minimum atomic E-state index is -0.573. The van der Waals surface area contributed by atoms with Crippen LogP contribution in [0.3, 0.4) is 0 Å². The third-order valence-corrected chi connectivity index (χ3v) is 5.68. The zero-order valence-electron chi connectivity index (χ0n) is 17.7. The summed E-state index contributed by atoms with van der Waals surface area (Å²) in [4.78, 5) is 31.7. The van der Waals surface area contributed by atoms with E-state index < -0.39 is 11.7 Å². The Balaban J connectivity index is 1.26. The molecule has 2 fully saturated rings. The molecule has 1 spiro atoms. The standard InChI is InChI=1S/C23H24N4O5/c1-30-20-8-6-19(7-9-20)25-21(28)32-27-12-10-23(11-13-27)16-26(22(29)31-23)15-18-4-2-17(14-24)3-5-18/h2-9H,10-13,15-16H2,1H3,(H,25,28). The van der Waals surface area contributed by atoms with Crippen molar-refractivity contribution in [2.45, 2.75) is 25.0 Å². The quantitative estimate of drug-likeness (QED) is 0.765. The number of carbonyl (C=O) groups is 2. The number of benzene rings is 2. The van der Waals surface area contributed by atoms with E-state index in [1.54, 1.807) is 53.5 Å². The highest BCUT2D eigenvalue weighted by molar-refractivity contribution is 5.84. The molecule has 2 aliphatic heterocycles. The van der Waals surface area contributed by atoms with Gasteiger partial charge >= 0.3 is 12.2 Å². The van der Waals surface area contributed by atoms with Crippen molar-refractivity contribution in [1.82, 2.24) is 9.96 Å². The smallest absolute Gasteiger partial charge is 0.430 e. The lowest BCUT2D eigenvalue weighted by Crippen LogP contribution is -2.47. The van der Waals surface area contributed by atoms with Crippen LogP contribution >= 0.6 is 0 Å². The molecule has 2 saturated heterocycles. The number of hydroxylamine groups is 2. The molecule has 0 unspecified atom stereocenters. The molecule has 0 aliphatic carbocycles. The first-order valence-electron chi connectivity index (χ1n) is 10.3. The fourth-order valence-corrected chi connectivity index (χ4v) is 3.90. The van der Waals surface area contributed by atoms with Crippen LogP contribution in [-0.2, 0) is 16.1 Å². The Kier molecular flexibility index (Phi) is 6.14. The highest BCUT2D eigenvalue weighted by Crippen LogP contribution is 2.34. The summed E-state index contributed by atoms with van der Waals surface area (Å²) in [5, 5.41) is 13.2. The van der Waals surface area contributed by atoms with Gasteiger partial charge in [-0.15, -0.1) is 5.06 Å². The van der Waals surface area contributed by atoms with Crippen LogP contribution in [0.15, 0.2) is 48.5 Å². The van der Waals surface area contributed by atoms with E-state index in [-0.39, 0.29) is 6.09 Å². The zero-order valence-corrected chi connectivity index (χ0v) is 17.7. The van der Waals surface area contributed by atoms with Gasteiger partial charge in [0.25, 0.3) is 0 Å². The fraction of sp³-hybridized carbons (Fsp3) is 0.348. The zero-order chi connectivity index (χ0) is 22.6. The maximum atomic E-state index is 12.4. The van der Waals surface area contributed by atoms with Crippen molar-refractivity contribution in [3.05, 3.63) is 59.7 Å². The summed E-state index contributed by atoms with van der Waals surface area (Å²) in [7, 11) is 1.58. The molecule has 2 heterocycles. The van der Waals surface area contributed by atoms with E-state index >= 15 is 0 Å². The molecule has 9 heteroatoms. The van der Waals surface area contributed by atoms with Crippen molar-refractivity contribution in [3.63, 3.8) is 0 Å². The molecule has 2 aromatic rings. The molecular weight excluding hydrogens is 412 g/mol. The minimum Gasteiger partial charge on any atom is -0.497 e. The first-order valence-corrected chi connectivity index (χ1v) is 10.3. The Morgan fingerprint density at radius 3 is 2.47 bits per heavy atom. The van der Waals surface area contributed by atoms with E-state index in [1.165, 1.54) is 0 Å². The number of anilines is 1. The highest BCUT2D eigenvalue weighted by Gasteiger charge is 2.47. The molecule has 0 saturated carbocycles. The average molecular weight is 436 g/mol. The van der Waals surface area contributed by atoms with Gasteiger partial charge in [0.1, 0.15) is 11.4 Å². The van der Waals surface area contributed by atoms with Gasteiger partial charge in [-0.3, -0.25) is 10.2 Å². The Bertz CT molecular complexity index is 1010. The first-order chi connectivity index (χ1) is 15.5. The third kappa shape index (κ3) is 4.92. The van der Waals surface area contributed by atoms with Crippen molar-refractivity contribution in [2.75, 3.05) is 32.1 Å². The monoisotopic (exact) mass is 436 g/mol. The molecule has 2 aromatic carbocycles. The number of amides is 2. The summed E-state index contributed by atoms with van der Waals surface area (Å²) < 4.78 is 10.8. The maximum absolute atomic E-state index is 12.4. The van der Waals surface area contributed by atoms with Gasteiger partial charge in [0.2, 0.25) is 0 Å².